The van der Waals surface area contributed by atoms with Gasteiger partial charge in [0.25, 0.3) is 0 Å². The van der Waals surface area contributed by atoms with E-state index >= 15 is 0 Å². The summed E-state index contributed by atoms with van der Waals surface area (Å²) >= 11 is 3.43. The Kier molecular flexibility index (Phi) is 3.02. The highest BCUT2D eigenvalue weighted by molar-refractivity contribution is 9.10. The van der Waals surface area contributed by atoms with Crippen molar-refractivity contribution in [2.45, 2.75) is 6.54 Å². The summed E-state index contributed by atoms with van der Waals surface area (Å²) < 4.78 is 0.839. The average Bonchev–Trinajstić information content (AvgIpc) is 2.86. The maximum atomic E-state index is 4.19. The largest absolute Gasteiger partial charge is 0.379 e. The second-order valence-corrected chi connectivity index (χ2v) is 4.80. The normalized spacial score (nSPS) is 10.7. The zero-order valence-electron chi connectivity index (χ0n) is 9.65. The van der Waals surface area contributed by atoms with Crippen LogP contribution in [0.5, 0.6) is 0 Å². The monoisotopic (exact) mass is 301 g/mol. The molecule has 18 heavy (non-hydrogen) atoms. The fourth-order valence-corrected chi connectivity index (χ4v) is 2.40. The van der Waals surface area contributed by atoms with Gasteiger partial charge in [-0.25, -0.2) is 4.98 Å². The zero-order valence-corrected chi connectivity index (χ0v) is 11.2. The van der Waals surface area contributed by atoms with Gasteiger partial charge in [0, 0.05) is 29.8 Å². The molecule has 3 nitrogen and oxygen atoms in total. The van der Waals surface area contributed by atoms with Gasteiger partial charge in [0.05, 0.1) is 5.69 Å². The van der Waals surface area contributed by atoms with Crippen molar-refractivity contribution >= 4 is 32.5 Å². The van der Waals surface area contributed by atoms with Crippen LogP contribution in [0.4, 0.5) is 5.69 Å². The number of fused-ring (bicyclic) bond motifs is 1. The molecule has 0 aliphatic carbocycles. The number of hydrogen-bond donors (Lipinski definition) is 2. The predicted molar refractivity (Wildman–Crippen MR) is 77.6 cm³/mol. The number of nitrogens with zero attached hydrogens (tertiary/aromatic N) is 1. The van der Waals surface area contributed by atoms with Crippen LogP contribution in [0.25, 0.3) is 10.9 Å². The topological polar surface area (TPSA) is 40.7 Å². The summed E-state index contributed by atoms with van der Waals surface area (Å²) in [7, 11) is 0. The molecule has 0 spiro atoms. The van der Waals surface area contributed by atoms with E-state index in [0.717, 1.165) is 16.8 Å². The Balaban J connectivity index is 1.85. The van der Waals surface area contributed by atoms with Crippen LogP contribution < -0.4 is 5.32 Å². The molecule has 0 bridgehead atoms. The molecule has 0 fully saturated rings. The maximum absolute atomic E-state index is 4.19. The van der Waals surface area contributed by atoms with Crippen LogP contribution in [0.1, 0.15) is 5.56 Å². The molecule has 2 aromatic heterocycles. The lowest BCUT2D eigenvalue weighted by Crippen LogP contribution is -2.00. The molecule has 90 valence electrons. The van der Waals surface area contributed by atoms with Gasteiger partial charge in [0.15, 0.2) is 0 Å². The van der Waals surface area contributed by atoms with E-state index in [-0.39, 0.29) is 0 Å². The minimum Gasteiger partial charge on any atom is -0.379 e. The second-order valence-electron chi connectivity index (χ2n) is 4.05. The van der Waals surface area contributed by atoms with Gasteiger partial charge >= 0.3 is 0 Å². The van der Waals surface area contributed by atoms with Crippen LogP contribution in [-0.4, -0.2) is 9.97 Å². The van der Waals surface area contributed by atoms with Gasteiger partial charge in [0.1, 0.15) is 4.60 Å². The van der Waals surface area contributed by atoms with Gasteiger partial charge in [0.2, 0.25) is 0 Å². The molecule has 0 unspecified atom stereocenters. The van der Waals surface area contributed by atoms with Crippen LogP contribution in [0.3, 0.4) is 0 Å². The van der Waals surface area contributed by atoms with Crippen molar-refractivity contribution in [1.82, 2.24) is 9.97 Å². The molecule has 0 saturated heterocycles. The van der Waals surface area contributed by atoms with Crippen LogP contribution in [0, 0.1) is 0 Å². The highest BCUT2D eigenvalue weighted by Crippen LogP contribution is 2.22. The lowest BCUT2D eigenvalue weighted by molar-refractivity contribution is 1.14. The highest BCUT2D eigenvalue weighted by Gasteiger charge is 2.03. The Hall–Kier alpha value is -1.81. The van der Waals surface area contributed by atoms with E-state index < -0.39 is 0 Å². The van der Waals surface area contributed by atoms with Crippen molar-refractivity contribution in [3.8, 4) is 0 Å². The van der Waals surface area contributed by atoms with Gasteiger partial charge in [-0.05, 0) is 45.8 Å². The third-order valence-corrected chi connectivity index (χ3v) is 3.55. The molecule has 1 aromatic carbocycles. The van der Waals surface area contributed by atoms with Crippen LogP contribution >= 0.6 is 15.9 Å². The van der Waals surface area contributed by atoms with E-state index in [2.05, 4.69) is 55.5 Å². The van der Waals surface area contributed by atoms with E-state index in [9.17, 15) is 0 Å². The molecule has 0 radical (unpaired) electrons. The third-order valence-electron chi connectivity index (χ3n) is 2.91. The van der Waals surface area contributed by atoms with Crippen LogP contribution in [-0.2, 0) is 6.54 Å². The van der Waals surface area contributed by atoms with Crippen LogP contribution in [0.15, 0.2) is 53.4 Å². The molecule has 2 heterocycles. The number of hydrogen-bond acceptors (Lipinski definition) is 2. The average molecular weight is 302 g/mol. The van der Waals surface area contributed by atoms with Gasteiger partial charge in [-0.15, -0.1) is 0 Å². The first-order valence-corrected chi connectivity index (χ1v) is 6.53. The first-order valence-electron chi connectivity index (χ1n) is 5.74. The van der Waals surface area contributed by atoms with Gasteiger partial charge in [-0.2, -0.15) is 0 Å². The summed E-state index contributed by atoms with van der Waals surface area (Å²) in [5.74, 6) is 0. The van der Waals surface area contributed by atoms with E-state index in [1.54, 1.807) is 6.20 Å². The Labute approximate surface area is 113 Å². The first-order chi connectivity index (χ1) is 8.84. The number of pyridine rings is 1. The summed E-state index contributed by atoms with van der Waals surface area (Å²) in [4.78, 5) is 7.41. The minimum absolute atomic E-state index is 0.777. The molecular formula is C14H12BrN3. The number of halogens is 1. The lowest BCUT2D eigenvalue weighted by Gasteiger charge is -2.08. The summed E-state index contributed by atoms with van der Waals surface area (Å²) in [6.45, 7) is 0.777. The zero-order chi connectivity index (χ0) is 12.4. The minimum atomic E-state index is 0.777. The first kappa shape index (κ1) is 11.3. The number of anilines is 1. The SMILES string of the molecule is Brc1ncccc1NCc1cccc2[nH]ccc12. The third kappa shape index (κ3) is 2.11. The molecule has 0 aliphatic heterocycles. The van der Waals surface area contributed by atoms with Crippen molar-refractivity contribution in [2.75, 3.05) is 5.32 Å². The highest BCUT2D eigenvalue weighted by atomic mass is 79.9. The van der Waals surface area contributed by atoms with Crippen molar-refractivity contribution in [3.05, 3.63) is 59.0 Å². The summed E-state index contributed by atoms with van der Waals surface area (Å²) in [6, 6.07) is 12.3. The number of benzene rings is 1. The van der Waals surface area contributed by atoms with E-state index in [1.165, 1.54) is 16.5 Å². The Morgan fingerprint density at radius 3 is 3.00 bits per heavy atom. The van der Waals surface area contributed by atoms with Crippen LogP contribution in [0.2, 0.25) is 0 Å². The van der Waals surface area contributed by atoms with Crippen molar-refractivity contribution in [2.24, 2.45) is 0 Å². The van der Waals surface area contributed by atoms with E-state index in [4.69, 9.17) is 0 Å². The number of aromatic nitrogens is 2. The van der Waals surface area contributed by atoms with Gasteiger partial charge in [-0.1, -0.05) is 12.1 Å². The van der Waals surface area contributed by atoms with E-state index in [1.807, 2.05) is 18.3 Å². The number of H-pyrrole nitrogens is 1. The van der Waals surface area contributed by atoms with Crippen molar-refractivity contribution in [3.63, 3.8) is 0 Å². The summed E-state index contributed by atoms with van der Waals surface area (Å²) in [5.41, 5.74) is 3.44. The Morgan fingerprint density at radius 2 is 2.11 bits per heavy atom. The quantitative estimate of drug-likeness (QED) is 0.720. The molecule has 3 rings (SSSR count). The molecule has 0 aliphatic rings. The standard InChI is InChI=1S/C14H12BrN3/c15-14-13(5-2-7-17-14)18-9-10-3-1-4-12-11(10)6-8-16-12/h1-8,16,18H,9H2. The lowest BCUT2D eigenvalue weighted by atomic mass is 10.1. The summed E-state index contributed by atoms with van der Waals surface area (Å²) in [6.07, 6.45) is 3.73. The smallest absolute Gasteiger partial charge is 0.129 e. The van der Waals surface area contributed by atoms with Gasteiger partial charge in [-0.3, -0.25) is 0 Å². The maximum Gasteiger partial charge on any atom is 0.129 e. The molecule has 4 heteroatoms. The predicted octanol–water partition coefficient (Wildman–Crippen LogP) is 3.94. The second kappa shape index (κ2) is 4.82. The summed E-state index contributed by atoms with van der Waals surface area (Å²) in [5, 5.41) is 4.64. The molecule has 3 aromatic rings. The fraction of sp³-hybridized carbons (Fsp3) is 0.0714. The fourth-order valence-electron chi connectivity index (χ4n) is 2.01. The molecule has 0 saturated carbocycles. The Morgan fingerprint density at radius 1 is 1.17 bits per heavy atom. The van der Waals surface area contributed by atoms with E-state index in [0.29, 0.717) is 0 Å². The van der Waals surface area contributed by atoms with Gasteiger partial charge < -0.3 is 10.3 Å². The number of aromatic amines is 1. The molecule has 2 N–H and O–H groups in total. The molecular weight excluding hydrogens is 290 g/mol. The number of nitrogens with one attached hydrogen (secondary N) is 2. The molecule has 0 amide bonds. The van der Waals surface area contributed by atoms with Crippen molar-refractivity contribution in [1.29, 1.82) is 0 Å². The van der Waals surface area contributed by atoms with Crippen molar-refractivity contribution < 1.29 is 0 Å². The molecule has 0 atom stereocenters. The number of rotatable bonds is 3. The Bertz CT molecular complexity index is 675.